The second-order valence-electron chi connectivity index (χ2n) is 1.94. The van der Waals surface area contributed by atoms with Crippen LogP contribution < -0.4 is 0 Å². The van der Waals surface area contributed by atoms with E-state index in [1.165, 1.54) is 17.4 Å². The van der Waals surface area contributed by atoms with Crippen LogP contribution >= 0.6 is 11.3 Å². The van der Waals surface area contributed by atoms with Gasteiger partial charge in [0.15, 0.2) is 0 Å². The Kier molecular flexibility index (Phi) is 1.19. The molecule has 1 N–H and O–H groups in total. The van der Waals surface area contributed by atoms with Crippen LogP contribution in [-0.4, -0.2) is 16.1 Å². The van der Waals surface area contributed by atoms with E-state index in [0.717, 1.165) is 4.70 Å². The molecule has 0 aliphatic rings. The van der Waals surface area contributed by atoms with Crippen molar-refractivity contribution in [1.82, 2.24) is 4.98 Å². The SMILES string of the molecule is O=C(O)c1cc2scnc2o1. The van der Waals surface area contributed by atoms with Crippen molar-refractivity contribution >= 4 is 27.7 Å². The lowest BCUT2D eigenvalue weighted by atomic mass is 10.5. The van der Waals surface area contributed by atoms with E-state index >= 15 is 0 Å². The number of fused-ring (bicyclic) bond motifs is 1. The molecular formula is C6H3NO3S. The van der Waals surface area contributed by atoms with Gasteiger partial charge in [0.25, 0.3) is 0 Å². The molecule has 0 saturated carbocycles. The predicted octanol–water partition coefficient (Wildman–Crippen LogP) is 1.59. The average Bonchev–Trinajstić information content (AvgIpc) is 2.40. The Morgan fingerprint density at radius 2 is 2.55 bits per heavy atom. The summed E-state index contributed by atoms with van der Waals surface area (Å²) in [6.07, 6.45) is 0. The third kappa shape index (κ3) is 0.894. The zero-order chi connectivity index (χ0) is 7.84. The molecule has 0 radical (unpaired) electrons. The normalized spacial score (nSPS) is 10.5. The van der Waals surface area contributed by atoms with Gasteiger partial charge in [0.05, 0.1) is 10.2 Å². The molecule has 0 saturated heterocycles. The number of hydrogen-bond donors (Lipinski definition) is 1. The zero-order valence-electron chi connectivity index (χ0n) is 5.27. The van der Waals surface area contributed by atoms with E-state index in [1.807, 2.05) is 0 Å². The molecule has 56 valence electrons. The maximum absolute atomic E-state index is 10.4. The third-order valence-corrected chi connectivity index (χ3v) is 2.00. The van der Waals surface area contributed by atoms with Crippen LogP contribution in [-0.2, 0) is 0 Å². The van der Waals surface area contributed by atoms with Gasteiger partial charge in [-0.3, -0.25) is 0 Å². The number of carboxylic acid groups (broad SMARTS) is 1. The Labute approximate surface area is 65.1 Å². The van der Waals surface area contributed by atoms with E-state index in [1.54, 1.807) is 5.51 Å². The number of aromatic carboxylic acids is 1. The molecule has 11 heavy (non-hydrogen) atoms. The summed E-state index contributed by atoms with van der Waals surface area (Å²) in [5, 5.41) is 8.49. The van der Waals surface area contributed by atoms with Crippen molar-refractivity contribution in [2.45, 2.75) is 0 Å². The molecule has 0 spiro atoms. The number of furan rings is 1. The molecule has 0 amide bonds. The van der Waals surface area contributed by atoms with Crippen LogP contribution in [0.3, 0.4) is 0 Å². The molecule has 0 bridgehead atoms. The lowest BCUT2D eigenvalue weighted by Crippen LogP contribution is -1.91. The molecule has 5 heteroatoms. The largest absolute Gasteiger partial charge is 0.475 e. The molecule has 0 aliphatic carbocycles. The first-order valence-corrected chi connectivity index (χ1v) is 3.71. The minimum Gasteiger partial charge on any atom is -0.475 e. The Hall–Kier alpha value is -1.36. The van der Waals surface area contributed by atoms with Crippen LogP contribution in [0.5, 0.6) is 0 Å². The van der Waals surface area contributed by atoms with Crippen molar-refractivity contribution in [1.29, 1.82) is 0 Å². The van der Waals surface area contributed by atoms with Crippen molar-refractivity contribution in [3.05, 3.63) is 17.3 Å². The molecule has 2 heterocycles. The summed E-state index contributed by atoms with van der Waals surface area (Å²) >= 11 is 1.36. The highest BCUT2D eigenvalue weighted by Crippen LogP contribution is 2.21. The second kappa shape index (κ2) is 2.06. The molecule has 0 aliphatic heterocycles. The molecule has 0 atom stereocenters. The number of aromatic nitrogens is 1. The molecule has 2 aromatic rings. The first-order chi connectivity index (χ1) is 5.27. The van der Waals surface area contributed by atoms with Gasteiger partial charge in [0.1, 0.15) is 0 Å². The molecule has 0 aromatic carbocycles. The number of thiazole rings is 1. The van der Waals surface area contributed by atoms with Gasteiger partial charge in [0.2, 0.25) is 11.5 Å². The van der Waals surface area contributed by atoms with E-state index in [9.17, 15) is 4.79 Å². The molecule has 0 fully saturated rings. The zero-order valence-corrected chi connectivity index (χ0v) is 6.09. The maximum Gasteiger partial charge on any atom is 0.371 e. The minimum absolute atomic E-state index is 0.0562. The smallest absolute Gasteiger partial charge is 0.371 e. The number of carbonyl (C=O) groups is 1. The molecule has 2 rings (SSSR count). The summed E-state index contributed by atoms with van der Waals surface area (Å²) in [5.74, 6) is -1.12. The summed E-state index contributed by atoms with van der Waals surface area (Å²) in [6, 6.07) is 1.47. The topological polar surface area (TPSA) is 63.3 Å². The van der Waals surface area contributed by atoms with Gasteiger partial charge >= 0.3 is 5.97 Å². The van der Waals surface area contributed by atoms with Crippen molar-refractivity contribution in [2.24, 2.45) is 0 Å². The third-order valence-electron chi connectivity index (χ3n) is 1.24. The number of rotatable bonds is 1. The second-order valence-corrected chi connectivity index (χ2v) is 2.82. The van der Waals surface area contributed by atoms with Gasteiger partial charge in [-0.25, -0.2) is 9.78 Å². The van der Waals surface area contributed by atoms with Gasteiger partial charge in [-0.1, -0.05) is 0 Å². The Balaban J connectivity index is 2.67. The summed E-state index contributed by atoms with van der Waals surface area (Å²) in [6.45, 7) is 0. The van der Waals surface area contributed by atoms with Gasteiger partial charge in [-0.15, -0.1) is 11.3 Å². The average molecular weight is 169 g/mol. The van der Waals surface area contributed by atoms with Crippen LogP contribution in [0.1, 0.15) is 10.6 Å². The van der Waals surface area contributed by atoms with Crippen LogP contribution in [0, 0.1) is 0 Å². The summed E-state index contributed by atoms with van der Waals surface area (Å²) in [4.78, 5) is 14.2. The van der Waals surface area contributed by atoms with E-state index in [-0.39, 0.29) is 5.76 Å². The highest BCUT2D eigenvalue weighted by Gasteiger charge is 2.11. The molecule has 4 nitrogen and oxygen atoms in total. The summed E-state index contributed by atoms with van der Waals surface area (Å²) < 4.78 is 5.64. The van der Waals surface area contributed by atoms with Crippen LogP contribution in [0.15, 0.2) is 16.0 Å². The van der Waals surface area contributed by atoms with Crippen molar-refractivity contribution in [3.63, 3.8) is 0 Å². The highest BCUT2D eigenvalue weighted by molar-refractivity contribution is 7.16. The molecular weight excluding hydrogens is 166 g/mol. The Bertz CT molecular complexity index is 374. The first-order valence-electron chi connectivity index (χ1n) is 2.83. The van der Waals surface area contributed by atoms with E-state index in [0.29, 0.717) is 5.71 Å². The van der Waals surface area contributed by atoms with E-state index in [4.69, 9.17) is 9.52 Å². The van der Waals surface area contributed by atoms with Gasteiger partial charge in [0, 0.05) is 6.07 Å². The van der Waals surface area contributed by atoms with Crippen LogP contribution in [0.2, 0.25) is 0 Å². The van der Waals surface area contributed by atoms with Crippen molar-refractivity contribution in [3.8, 4) is 0 Å². The minimum atomic E-state index is -1.06. The molecule has 2 aromatic heterocycles. The number of hydrogen-bond acceptors (Lipinski definition) is 4. The van der Waals surface area contributed by atoms with E-state index < -0.39 is 5.97 Å². The number of nitrogens with zero attached hydrogens (tertiary/aromatic N) is 1. The monoisotopic (exact) mass is 169 g/mol. The fraction of sp³-hybridized carbons (Fsp3) is 0. The van der Waals surface area contributed by atoms with E-state index in [2.05, 4.69) is 4.98 Å². The van der Waals surface area contributed by atoms with Gasteiger partial charge < -0.3 is 9.52 Å². The van der Waals surface area contributed by atoms with Gasteiger partial charge in [-0.2, -0.15) is 0 Å². The van der Waals surface area contributed by atoms with Crippen molar-refractivity contribution in [2.75, 3.05) is 0 Å². The predicted molar refractivity (Wildman–Crippen MR) is 38.8 cm³/mol. The van der Waals surface area contributed by atoms with Crippen molar-refractivity contribution < 1.29 is 14.3 Å². The number of carboxylic acids is 1. The maximum atomic E-state index is 10.4. The summed E-state index contributed by atoms with van der Waals surface area (Å²) in [7, 11) is 0. The molecule has 0 unspecified atom stereocenters. The standard InChI is InChI=1S/C6H3NO3S/c8-6(9)3-1-4-5(10-3)7-2-11-4/h1-2H,(H,8,9). The Morgan fingerprint density at radius 3 is 3.18 bits per heavy atom. The van der Waals surface area contributed by atoms with Crippen LogP contribution in [0.4, 0.5) is 0 Å². The summed E-state index contributed by atoms with van der Waals surface area (Å²) in [5.41, 5.74) is 2.01. The van der Waals surface area contributed by atoms with Crippen LogP contribution in [0.25, 0.3) is 10.4 Å². The highest BCUT2D eigenvalue weighted by atomic mass is 32.1. The first kappa shape index (κ1) is 6.36. The lowest BCUT2D eigenvalue weighted by Gasteiger charge is -1.80. The van der Waals surface area contributed by atoms with Gasteiger partial charge in [-0.05, 0) is 0 Å². The Morgan fingerprint density at radius 1 is 1.73 bits per heavy atom. The lowest BCUT2D eigenvalue weighted by molar-refractivity contribution is 0.0664. The quantitative estimate of drug-likeness (QED) is 0.704. The fourth-order valence-electron chi connectivity index (χ4n) is 0.776. The fourth-order valence-corrected chi connectivity index (χ4v) is 1.41.